The second-order valence-electron chi connectivity index (χ2n) is 4.71. The molecule has 0 aromatic carbocycles. The minimum absolute atomic E-state index is 0.195. The van der Waals surface area contributed by atoms with Gasteiger partial charge in [0.2, 0.25) is 0 Å². The number of hydrogen-bond donors (Lipinski definition) is 1. The molecule has 2 heteroatoms. The van der Waals surface area contributed by atoms with E-state index >= 15 is 0 Å². The lowest BCUT2D eigenvalue weighted by Gasteiger charge is -2.37. The Bertz CT molecular complexity index is 208. The van der Waals surface area contributed by atoms with Crippen molar-refractivity contribution in [1.82, 2.24) is 5.32 Å². The van der Waals surface area contributed by atoms with Gasteiger partial charge in [-0.1, -0.05) is 13.3 Å². The monoisotopic (exact) mass is 181 g/mol. The van der Waals surface area contributed by atoms with Gasteiger partial charge in [0.05, 0.1) is 6.04 Å². The van der Waals surface area contributed by atoms with Gasteiger partial charge in [0.1, 0.15) is 5.78 Å². The number of nitrogens with one attached hydrogen (secondary N) is 1. The maximum Gasteiger partial charge on any atom is 0.149 e. The van der Waals surface area contributed by atoms with Crippen LogP contribution in [-0.2, 0) is 4.79 Å². The Labute approximate surface area is 80.1 Å². The van der Waals surface area contributed by atoms with Crippen LogP contribution in [0.5, 0.6) is 0 Å². The van der Waals surface area contributed by atoms with Crippen LogP contribution in [0, 0.1) is 5.41 Å². The first-order valence-corrected chi connectivity index (χ1v) is 5.52. The van der Waals surface area contributed by atoms with Gasteiger partial charge in [0.25, 0.3) is 0 Å². The Morgan fingerprint density at radius 3 is 2.77 bits per heavy atom. The van der Waals surface area contributed by atoms with Gasteiger partial charge in [0, 0.05) is 13.0 Å². The molecule has 2 nitrogen and oxygen atoms in total. The molecule has 1 saturated heterocycles. The molecule has 1 unspecified atom stereocenters. The van der Waals surface area contributed by atoms with Crippen molar-refractivity contribution < 1.29 is 4.79 Å². The van der Waals surface area contributed by atoms with Crippen LogP contribution in [0.15, 0.2) is 0 Å². The summed E-state index contributed by atoms with van der Waals surface area (Å²) >= 11 is 0. The Hall–Kier alpha value is -0.370. The van der Waals surface area contributed by atoms with Crippen molar-refractivity contribution in [2.24, 2.45) is 5.41 Å². The summed E-state index contributed by atoms with van der Waals surface area (Å²) in [7, 11) is 0. The summed E-state index contributed by atoms with van der Waals surface area (Å²) in [5, 5.41) is 3.38. The first kappa shape index (κ1) is 9.20. The van der Waals surface area contributed by atoms with Crippen LogP contribution in [0.3, 0.4) is 0 Å². The molecule has 0 aromatic heterocycles. The maximum atomic E-state index is 11.6. The van der Waals surface area contributed by atoms with E-state index in [4.69, 9.17) is 0 Å². The molecule has 0 amide bonds. The molecule has 2 fully saturated rings. The van der Waals surface area contributed by atoms with Crippen LogP contribution in [0.2, 0.25) is 0 Å². The molecule has 1 atom stereocenters. The molecular formula is C11H19NO. The maximum absolute atomic E-state index is 11.6. The van der Waals surface area contributed by atoms with Crippen molar-refractivity contribution in [3.8, 4) is 0 Å². The third-order valence-electron chi connectivity index (χ3n) is 3.66. The van der Waals surface area contributed by atoms with Crippen LogP contribution in [0.25, 0.3) is 0 Å². The summed E-state index contributed by atoms with van der Waals surface area (Å²) in [5.41, 5.74) is 0.536. The van der Waals surface area contributed by atoms with Gasteiger partial charge in [-0.25, -0.2) is 0 Å². The zero-order valence-corrected chi connectivity index (χ0v) is 8.44. The zero-order valence-electron chi connectivity index (χ0n) is 8.44. The summed E-state index contributed by atoms with van der Waals surface area (Å²) in [4.78, 5) is 11.6. The highest BCUT2D eigenvalue weighted by Gasteiger charge is 2.44. The van der Waals surface area contributed by atoms with Crippen molar-refractivity contribution in [2.45, 2.75) is 51.5 Å². The Balaban J connectivity index is 1.87. The van der Waals surface area contributed by atoms with Crippen molar-refractivity contribution in [1.29, 1.82) is 0 Å². The van der Waals surface area contributed by atoms with E-state index < -0.39 is 0 Å². The van der Waals surface area contributed by atoms with Crippen LogP contribution in [0.4, 0.5) is 0 Å². The molecule has 0 aromatic rings. The van der Waals surface area contributed by atoms with E-state index in [-0.39, 0.29) is 6.04 Å². The van der Waals surface area contributed by atoms with Gasteiger partial charge in [-0.15, -0.1) is 0 Å². The van der Waals surface area contributed by atoms with Crippen LogP contribution in [-0.4, -0.2) is 18.4 Å². The Kier molecular flexibility index (Phi) is 2.41. The molecule has 1 heterocycles. The first-order chi connectivity index (χ1) is 6.26. The van der Waals surface area contributed by atoms with E-state index in [2.05, 4.69) is 12.2 Å². The lowest BCUT2D eigenvalue weighted by molar-refractivity contribution is -0.121. The summed E-state index contributed by atoms with van der Waals surface area (Å²) in [6, 6.07) is 0.195. The second kappa shape index (κ2) is 3.41. The molecular weight excluding hydrogens is 162 g/mol. The topological polar surface area (TPSA) is 29.1 Å². The van der Waals surface area contributed by atoms with E-state index in [1.807, 2.05) is 0 Å². The Morgan fingerprint density at radius 2 is 2.31 bits per heavy atom. The van der Waals surface area contributed by atoms with E-state index in [0.717, 1.165) is 25.8 Å². The van der Waals surface area contributed by atoms with Crippen LogP contribution in [0.1, 0.15) is 45.4 Å². The lowest BCUT2D eigenvalue weighted by atomic mass is 9.67. The van der Waals surface area contributed by atoms with Crippen molar-refractivity contribution >= 4 is 5.78 Å². The predicted octanol–water partition coefficient (Wildman–Crippen LogP) is 1.89. The average Bonchev–Trinajstić information content (AvgIpc) is 2.47. The molecule has 1 N–H and O–H groups in total. The minimum atomic E-state index is 0.195. The zero-order chi connectivity index (χ0) is 9.31. The highest BCUT2D eigenvalue weighted by molar-refractivity contribution is 5.84. The van der Waals surface area contributed by atoms with Gasteiger partial charge >= 0.3 is 0 Å². The standard InChI is InChI=1S/C11H19NO/c1-2-4-10(13)9-7-11(8-12-9)5-3-6-11/h9,12H,2-8H2,1H3. The molecule has 1 saturated carbocycles. The second-order valence-corrected chi connectivity index (χ2v) is 4.71. The molecule has 13 heavy (non-hydrogen) atoms. The van der Waals surface area contributed by atoms with E-state index in [1.54, 1.807) is 0 Å². The third-order valence-corrected chi connectivity index (χ3v) is 3.66. The summed E-state index contributed by atoms with van der Waals surface area (Å²) in [5.74, 6) is 0.436. The fourth-order valence-electron chi connectivity index (χ4n) is 2.62. The quantitative estimate of drug-likeness (QED) is 0.720. The number of carbonyl (C=O) groups is 1. The smallest absolute Gasteiger partial charge is 0.149 e. The van der Waals surface area contributed by atoms with E-state index in [1.165, 1.54) is 19.3 Å². The molecule has 74 valence electrons. The van der Waals surface area contributed by atoms with Crippen LogP contribution < -0.4 is 5.32 Å². The third kappa shape index (κ3) is 1.64. The SMILES string of the molecule is CCCC(=O)C1CC2(CCC2)CN1. The normalized spacial score (nSPS) is 30.4. The lowest BCUT2D eigenvalue weighted by Crippen LogP contribution is -2.31. The fourth-order valence-corrected chi connectivity index (χ4v) is 2.62. The highest BCUT2D eigenvalue weighted by Crippen LogP contribution is 2.47. The number of rotatable bonds is 3. The van der Waals surface area contributed by atoms with Crippen molar-refractivity contribution in [3.05, 3.63) is 0 Å². The number of ketones is 1. The first-order valence-electron chi connectivity index (χ1n) is 5.52. The van der Waals surface area contributed by atoms with Crippen molar-refractivity contribution in [3.63, 3.8) is 0 Å². The summed E-state index contributed by atoms with van der Waals surface area (Å²) in [6.45, 7) is 3.17. The molecule has 2 rings (SSSR count). The fraction of sp³-hybridized carbons (Fsp3) is 0.909. The minimum Gasteiger partial charge on any atom is -0.307 e. The molecule has 0 radical (unpaired) electrons. The molecule has 1 aliphatic heterocycles. The molecule has 1 aliphatic carbocycles. The van der Waals surface area contributed by atoms with E-state index in [9.17, 15) is 4.79 Å². The van der Waals surface area contributed by atoms with Gasteiger partial charge < -0.3 is 5.32 Å². The molecule has 1 spiro atoms. The number of Topliss-reactive ketones (excluding diaryl/α,β-unsaturated/α-hetero) is 1. The van der Waals surface area contributed by atoms with Gasteiger partial charge in [-0.05, 0) is 31.1 Å². The van der Waals surface area contributed by atoms with Gasteiger partial charge in [-0.3, -0.25) is 4.79 Å². The van der Waals surface area contributed by atoms with Gasteiger partial charge in [-0.2, -0.15) is 0 Å². The predicted molar refractivity (Wildman–Crippen MR) is 52.6 cm³/mol. The Morgan fingerprint density at radius 1 is 1.54 bits per heavy atom. The van der Waals surface area contributed by atoms with Crippen molar-refractivity contribution in [2.75, 3.05) is 6.54 Å². The molecule has 0 bridgehead atoms. The number of hydrogen-bond acceptors (Lipinski definition) is 2. The average molecular weight is 181 g/mol. The van der Waals surface area contributed by atoms with Gasteiger partial charge in [0.15, 0.2) is 0 Å². The summed E-state index contributed by atoms with van der Waals surface area (Å²) in [6.07, 6.45) is 6.92. The molecule has 2 aliphatic rings. The largest absolute Gasteiger partial charge is 0.307 e. The summed E-state index contributed by atoms with van der Waals surface area (Å²) < 4.78 is 0. The van der Waals surface area contributed by atoms with E-state index in [0.29, 0.717) is 11.2 Å². The van der Waals surface area contributed by atoms with Crippen LogP contribution >= 0.6 is 0 Å². The number of carbonyl (C=O) groups excluding carboxylic acids is 1. The highest BCUT2D eigenvalue weighted by atomic mass is 16.1.